The molecular formula is C16H12N4O. The molecule has 5 heteroatoms. The van der Waals surface area contributed by atoms with Gasteiger partial charge in [0.1, 0.15) is 17.5 Å². The monoisotopic (exact) mass is 276 g/mol. The molecule has 2 heterocycles. The molecule has 0 aliphatic heterocycles. The molecular weight excluding hydrogens is 264 g/mol. The third-order valence-electron chi connectivity index (χ3n) is 3.89. The van der Waals surface area contributed by atoms with Crippen LogP contribution in [0.3, 0.4) is 0 Å². The third kappa shape index (κ3) is 2.01. The molecule has 3 aromatic rings. The van der Waals surface area contributed by atoms with E-state index in [2.05, 4.69) is 39.4 Å². The Kier molecular flexibility index (Phi) is 2.61. The van der Waals surface area contributed by atoms with Gasteiger partial charge in [-0.25, -0.2) is 0 Å². The lowest BCUT2D eigenvalue weighted by Gasteiger charge is -2.00. The van der Waals surface area contributed by atoms with Crippen molar-refractivity contribution in [2.75, 3.05) is 0 Å². The second-order valence-electron chi connectivity index (χ2n) is 5.23. The number of H-pyrrole nitrogens is 1. The summed E-state index contributed by atoms with van der Waals surface area (Å²) in [7, 11) is 0. The molecule has 5 nitrogen and oxygen atoms in total. The zero-order valence-electron chi connectivity index (χ0n) is 11.2. The maximum absolute atomic E-state index is 8.83. The van der Waals surface area contributed by atoms with Gasteiger partial charge in [-0.1, -0.05) is 29.4 Å². The van der Waals surface area contributed by atoms with Crippen molar-refractivity contribution in [2.45, 2.75) is 18.8 Å². The van der Waals surface area contributed by atoms with E-state index in [9.17, 15) is 0 Å². The Morgan fingerprint density at radius 3 is 2.57 bits per heavy atom. The first-order chi connectivity index (χ1) is 10.3. The van der Waals surface area contributed by atoms with Gasteiger partial charge in [-0.05, 0) is 36.1 Å². The Balaban J connectivity index is 1.60. The van der Waals surface area contributed by atoms with Crippen molar-refractivity contribution in [1.29, 1.82) is 5.26 Å². The average molecular weight is 276 g/mol. The molecule has 0 atom stereocenters. The molecule has 1 aromatic carbocycles. The van der Waals surface area contributed by atoms with Crippen molar-refractivity contribution in [3.63, 3.8) is 0 Å². The Morgan fingerprint density at radius 1 is 1.14 bits per heavy atom. The minimum atomic E-state index is 0.269. The van der Waals surface area contributed by atoms with E-state index in [0.717, 1.165) is 18.7 Å². The number of aromatic amines is 1. The van der Waals surface area contributed by atoms with Gasteiger partial charge < -0.3 is 9.51 Å². The van der Waals surface area contributed by atoms with Gasteiger partial charge in [-0.3, -0.25) is 0 Å². The second kappa shape index (κ2) is 4.60. The van der Waals surface area contributed by atoms with Crippen molar-refractivity contribution < 1.29 is 4.52 Å². The van der Waals surface area contributed by atoms with Crippen LogP contribution in [0.1, 0.15) is 28.6 Å². The molecule has 1 aliphatic rings. The summed E-state index contributed by atoms with van der Waals surface area (Å²) >= 11 is 0. The van der Waals surface area contributed by atoms with Crippen LogP contribution in [0.2, 0.25) is 0 Å². The fourth-order valence-electron chi connectivity index (χ4n) is 2.84. The fourth-order valence-corrected chi connectivity index (χ4v) is 2.84. The van der Waals surface area contributed by atoms with Gasteiger partial charge in [0, 0.05) is 5.92 Å². The summed E-state index contributed by atoms with van der Waals surface area (Å²) in [5.74, 6) is 1.43. The van der Waals surface area contributed by atoms with Crippen LogP contribution >= 0.6 is 0 Å². The van der Waals surface area contributed by atoms with E-state index in [1.165, 1.54) is 11.1 Å². The summed E-state index contributed by atoms with van der Waals surface area (Å²) in [5.41, 5.74) is 3.89. The van der Waals surface area contributed by atoms with Gasteiger partial charge in [0.2, 0.25) is 0 Å². The Labute approximate surface area is 121 Å². The second-order valence-corrected chi connectivity index (χ2v) is 5.23. The number of fused-ring (bicyclic) bond motifs is 1. The summed E-state index contributed by atoms with van der Waals surface area (Å²) < 4.78 is 5.32. The highest BCUT2D eigenvalue weighted by atomic mass is 16.5. The van der Waals surface area contributed by atoms with E-state index in [-0.39, 0.29) is 5.92 Å². The number of hydrogen-bond acceptors (Lipinski definition) is 4. The molecule has 4 rings (SSSR count). The quantitative estimate of drug-likeness (QED) is 0.780. The van der Waals surface area contributed by atoms with Crippen molar-refractivity contribution in [1.82, 2.24) is 15.1 Å². The van der Waals surface area contributed by atoms with Crippen LogP contribution in [-0.4, -0.2) is 15.1 Å². The SMILES string of the molecule is N#Cc1ccc(-c2nc(C3Cc4ccccc4C3)no2)[nH]1. The zero-order valence-corrected chi connectivity index (χ0v) is 11.2. The molecule has 102 valence electrons. The first kappa shape index (κ1) is 11.9. The molecule has 0 saturated heterocycles. The lowest BCUT2D eigenvalue weighted by molar-refractivity contribution is 0.415. The third-order valence-corrected chi connectivity index (χ3v) is 3.89. The minimum absolute atomic E-state index is 0.269. The van der Waals surface area contributed by atoms with Crippen molar-refractivity contribution in [2.24, 2.45) is 0 Å². The van der Waals surface area contributed by atoms with Crippen LogP contribution in [-0.2, 0) is 12.8 Å². The molecule has 0 spiro atoms. The Morgan fingerprint density at radius 2 is 1.90 bits per heavy atom. The number of aromatic nitrogens is 3. The first-order valence-corrected chi connectivity index (χ1v) is 6.83. The molecule has 0 unspecified atom stereocenters. The van der Waals surface area contributed by atoms with E-state index < -0.39 is 0 Å². The van der Waals surface area contributed by atoms with Crippen LogP contribution in [0.5, 0.6) is 0 Å². The highest BCUT2D eigenvalue weighted by Gasteiger charge is 2.26. The molecule has 2 aromatic heterocycles. The topological polar surface area (TPSA) is 78.5 Å². The molecule has 0 radical (unpaired) electrons. The fraction of sp³-hybridized carbons (Fsp3) is 0.188. The van der Waals surface area contributed by atoms with E-state index >= 15 is 0 Å². The molecule has 0 fully saturated rings. The highest BCUT2D eigenvalue weighted by Crippen LogP contribution is 2.33. The lowest BCUT2D eigenvalue weighted by atomic mass is 10.1. The summed E-state index contributed by atoms with van der Waals surface area (Å²) in [6, 6.07) is 13.9. The number of rotatable bonds is 2. The van der Waals surface area contributed by atoms with Crippen LogP contribution < -0.4 is 0 Å². The molecule has 1 aliphatic carbocycles. The van der Waals surface area contributed by atoms with E-state index in [4.69, 9.17) is 9.78 Å². The zero-order chi connectivity index (χ0) is 14.2. The van der Waals surface area contributed by atoms with Crippen LogP contribution in [0.15, 0.2) is 40.9 Å². The first-order valence-electron chi connectivity index (χ1n) is 6.83. The molecule has 1 N–H and O–H groups in total. The van der Waals surface area contributed by atoms with Gasteiger partial charge >= 0.3 is 0 Å². The number of hydrogen-bond donors (Lipinski definition) is 1. The lowest BCUT2D eigenvalue weighted by Crippen LogP contribution is -2.00. The smallest absolute Gasteiger partial charge is 0.274 e. The predicted octanol–water partition coefficient (Wildman–Crippen LogP) is 2.82. The molecule has 0 amide bonds. The Bertz CT molecular complexity index is 815. The predicted molar refractivity (Wildman–Crippen MR) is 75.4 cm³/mol. The van der Waals surface area contributed by atoms with Gasteiger partial charge in [0.05, 0.1) is 0 Å². The van der Waals surface area contributed by atoms with Gasteiger partial charge in [-0.2, -0.15) is 10.2 Å². The number of nitrogens with one attached hydrogen (secondary N) is 1. The standard InChI is InChI=1S/C16H12N4O/c17-9-13-5-6-14(18-13)16-19-15(20-21-16)12-7-10-3-1-2-4-11(10)8-12/h1-6,12,18H,7-8H2. The van der Waals surface area contributed by atoms with E-state index in [1.54, 1.807) is 12.1 Å². The van der Waals surface area contributed by atoms with Crippen LogP contribution in [0.4, 0.5) is 0 Å². The van der Waals surface area contributed by atoms with Crippen LogP contribution in [0.25, 0.3) is 11.6 Å². The average Bonchev–Trinajstić information content (AvgIpc) is 3.24. The van der Waals surface area contributed by atoms with Crippen LogP contribution in [0, 0.1) is 11.3 Å². The van der Waals surface area contributed by atoms with E-state index in [1.807, 2.05) is 6.07 Å². The molecule has 0 saturated carbocycles. The summed E-state index contributed by atoms with van der Waals surface area (Å²) in [4.78, 5) is 7.42. The van der Waals surface area contributed by atoms with Crippen molar-refractivity contribution >= 4 is 0 Å². The van der Waals surface area contributed by atoms with Crippen molar-refractivity contribution in [3.8, 4) is 17.7 Å². The Hall–Kier alpha value is -2.87. The largest absolute Gasteiger partial charge is 0.342 e. The van der Waals surface area contributed by atoms with Gasteiger partial charge in [-0.15, -0.1) is 0 Å². The minimum Gasteiger partial charge on any atom is -0.342 e. The molecule has 21 heavy (non-hydrogen) atoms. The number of nitrogens with zero attached hydrogens (tertiary/aromatic N) is 3. The number of nitriles is 1. The normalized spacial score (nSPS) is 14.0. The summed E-state index contributed by atoms with van der Waals surface area (Å²) in [6.45, 7) is 0. The summed E-state index contributed by atoms with van der Waals surface area (Å²) in [5, 5.41) is 12.9. The summed E-state index contributed by atoms with van der Waals surface area (Å²) in [6.07, 6.45) is 1.90. The molecule has 0 bridgehead atoms. The van der Waals surface area contributed by atoms with Gasteiger partial charge in [0.15, 0.2) is 5.82 Å². The van der Waals surface area contributed by atoms with Crippen molar-refractivity contribution in [3.05, 3.63) is 59.0 Å². The highest BCUT2D eigenvalue weighted by molar-refractivity contribution is 5.50. The van der Waals surface area contributed by atoms with Gasteiger partial charge in [0.25, 0.3) is 5.89 Å². The van der Waals surface area contributed by atoms with E-state index in [0.29, 0.717) is 17.3 Å². The maximum Gasteiger partial charge on any atom is 0.274 e. The number of benzene rings is 1. The maximum atomic E-state index is 8.83.